The number of carbonyl (C=O) groups is 1. The Morgan fingerprint density at radius 2 is 2.00 bits per heavy atom. The van der Waals surface area contributed by atoms with E-state index in [2.05, 4.69) is 22.4 Å². The molecule has 188 valence electrons. The average Bonchev–Trinajstić information content (AvgIpc) is 3.55. The van der Waals surface area contributed by atoms with Crippen molar-refractivity contribution >= 4 is 11.6 Å². The quantitative estimate of drug-likeness (QED) is 0.428. The molecule has 2 N–H and O–H groups in total. The largest absolute Gasteiger partial charge is 0.504 e. The zero-order chi connectivity index (χ0) is 25.2. The molecule has 36 heavy (non-hydrogen) atoms. The van der Waals surface area contributed by atoms with Crippen LogP contribution in [0.25, 0.3) is 17.0 Å². The van der Waals surface area contributed by atoms with Crippen LogP contribution in [0, 0.1) is 0 Å². The van der Waals surface area contributed by atoms with Crippen molar-refractivity contribution in [2.45, 2.75) is 39.2 Å². The van der Waals surface area contributed by atoms with E-state index in [9.17, 15) is 9.90 Å². The van der Waals surface area contributed by atoms with Gasteiger partial charge in [-0.05, 0) is 49.2 Å². The summed E-state index contributed by atoms with van der Waals surface area (Å²) in [6, 6.07) is 9.63. The fourth-order valence-electron chi connectivity index (χ4n) is 4.47. The molecule has 0 radical (unpaired) electrons. The predicted octanol–water partition coefficient (Wildman–Crippen LogP) is 4.87. The van der Waals surface area contributed by atoms with E-state index in [1.165, 1.54) is 7.11 Å². The van der Waals surface area contributed by atoms with Crippen molar-refractivity contribution in [1.29, 1.82) is 0 Å². The Hall–Kier alpha value is -4.21. The maximum Gasteiger partial charge on any atom is 0.322 e. The molecule has 0 aliphatic carbocycles. The number of rotatable bonds is 8. The van der Waals surface area contributed by atoms with Gasteiger partial charge in [0.1, 0.15) is 0 Å². The van der Waals surface area contributed by atoms with E-state index in [0.29, 0.717) is 46.3 Å². The monoisotopic (exact) mass is 492 g/mol. The first kappa shape index (κ1) is 23.5. The minimum Gasteiger partial charge on any atom is -0.504 e. The number of urea groups is 1. The first-order valence-electron chi connectivity index (χ1n) is 11.9. The van der Waals surface area contributed by atoms with Crippen LogP contribution in [0.2, 0.25) is 0 Å². The molecule has 0 saturated carbocycles. The second-order valence-electron chi connectivity index (χ2n) is 8.66. The maximum absolute atomic E-state index is 13.1. The van der Waals surface area contributed by atoms with Crippen molar-refractivity contribution in [3.05, 3.63) is 53.5 Å². The van der Waals surface area contributed by atoms with Crippen molar-refractivity contribution in [2.75, 3.05) is 20.4 Å². The highest BCUT2D eigenvalue weighted by atomic mass is 16.7. The Kier molecular flexibility index (Phi) is 6.41. The number of phenols is 1. The van der Waals surface area contributed by atoms with Gasteiger partial charge in [0.2, 0.25) is 12.6 Å². The smallest absolute Gasteiger partial charge is 0.322 e. The van der Waals surface area contributed by atoms with Crippen LogP contribution in [0.1, 0.15) is 50.6 Å². The minimum atomic E-state index is -0.609. The molecule has 0 fully saturated rings. The van der Waals surface area contributed by atoms with Crippen molar-refractivity contribution in [1.82, 2.24) is 20.4 Å². The summed E-state index contributed by atoms with van der Waals surface area (Å²) in [5, 5.41) is 17.6. The van der Waals surface area contributed by atoms with Gasteiger partial charge in [-0.2, -0.15) is 4.98 Å². The van der Waals surface area contributed by atoms with E-state index in [1.54, 1.807) is 35.2 Å². The summed E-state index contributed by atoms with van der Waals surface area (Å²) in [6.45, 7) is 4.73. The van der Waals surface area contributed by atoms with Crippen LogP contribution in [-0.2, 0) is 0 Å². The molecule has 0 bridgehead atoms. The second kappa shape index (κ2) is 9.80. The Morgan fingerprint density at radius 3 is 2.78 bits per heavy atom. The highest BCUT2D eigenvalue weighted by Gasteiger charge is 2.36. The topological polar surface area (TPSA) is 119 Å². The number of nitrogens with zero attached hydrogens (tertiary/aromatic N) is 3. The molecule has 2 aliphatic rings. The number of fused-ring (bicyclic) bond motifs is 1. The SMILES string of the molecule is CCCCCN1C(=O)NC(c2ccc(OC)c(O)c2)C(c2nc(-c3ccc4c(c3)OCO4)no2)=C1C. The van der Waals surface area contributed by atoms with Gasteiger partial charge in [0, 0.05) is 17.8 Å². The zero-order valence-corrected chi connectivity index (χ0v) is 20.4. The molecule has 2 aliphatic heterocycles. The van der Waals surface area contributed by atoms with Crippen LogP contribution in [0.4, 0.5) is 4.79 Å². The third-order valence-corrected chi connectivity index (χ3v) is 6.41. The van der Waals surface area contributed by atoms with Crippen LogP contribution < -0.4 is 19.5 Å². The number of benzene rings is 2. The molecule has 1 atom stereocenters. The van der Waals surface area contributed by atoms with Gasteiger partial charge in [-0.15, -0.1) is 0 Å². The number of ether oxygens (including phenoxy) is 3. The number of carbonyl (C=O) groups excluding carboxylic acids is 1. The standard InChI is InChI=1S/C26H28N4O6/c1-4-5-6-11-30-15(2)22(23(27-26(30)32)16-7-9-19(33-3)18(31)12-16)25-28-24(29-36-25)17-8-10-20-21(13-17)35-14-34-20/h7-10,12-13,23,31H,4-6,11,14H2,1-3H3,(H,27,32). The molecule has 10 nitrogen and oxygen atoms in total. The lowest BCUT2D eigenvalue weighted by molar-refractivity contribution is 0.174. The molecule has 0 spiro atoms. The first-order chi connectivity index (χ1) is 17.5. The highest BCUT2D eigenvalue weighted by Crippen LogP contribution is 2.40. The summed E-state index contributed by atoms with van der Waals surface area (Å²) in [4.78, 5) is 19.5. The molecule has 5 rings (SSSR count). The van der Waals surface area contributed by atoms with Crippen molar-refractivity contribution < 1.29 is 28.6 Å². The lowest BCUT2D eigenvalue weighted by Gasteiger charge is -2.35. The van der Waals surface area contributed by atoms with E-state index < -0.39 is 6.04 Å². The zero-order valence-electron chi connectivity index (χ0n) is 20.4. The molecule has 3 aromatic rings. The number of amides is 2. The molecule has 1 aromatic heterocycles. The first-order valence-corrected chi connectivity index (χ1v) is 11.9. The van der Waals surface area contributed by atoms with Crippen LogP contribution in [0.3, 0.4) is 0 Å². The van der Waals surface area contributed by atoms with Crippen LogP contribution >= 0.6 is 0 Å². The van der Waals surface area contributed by atoms with Crippen molar-refractivity contribution in [3.8, 4) is 34.4 Å². The summed E-state index contributed by atoms with van der Waals surface area (Å²) >= 11 is 0. The summed E-state index contributed by atoms with van der Waals surface area (Å²) < 4.78 is 21.8. The summed E-state index contributed by atoms with van der Waals surface area (Å²) in [5.41, 5.74) is 2.75. The van der Waals surface area contributed by atoms with Gasteiger partial charge in [-0.3, -0.25) is 4.90 Å². The lowest BCUT2D eigenvalue weighted by Crippen LogP contribution is -2.46. The molecular formula is C26H28N4O6. The fraction of sp³-hybridized carbons (Fsp3) is 0.346. The Balaban J connectivity index is 1.55. The molecule has 0 saturated heterocycles. The molecule has 2 aromatic carbocycles. The van der Waals surface area contributed by atoms with Gasteiger partial charge in [-0.25, -0.2) is 4.79 Å². The summed E-state index contributed by atoms with van der Waals surface area (Å²) in [5.74, 6) is 2.26. The highest BCUT2D eigenvalue weighted by molar-refractivity contribution is 5.87. The number of phenolic OH excluding ortho intramolecular Hbond substituents is 1. The molecule has 1 unspecified atom stereocenters. The van der Waals surface area contributed by atoms with Crippen molar-refractivity contribution in [3.63, 3.8) is 0 Å². The molecule has 3 heterocycles. The maximum atomic E-state index is 13.1. The third-order valence-electron chi connectivity index (χ3n) is 6.41. The number of nitrogens with one attached hydrogen (secondary N) is 1. The Labute approximate surface area is 208 Å². The van der Waals surface area contributed by atoms with Gasteiger partial charge in [-0.1, -0.05) is 31.0 Å². The van der Waals surface area contributed by atoms with Crippen molar-refractivity contribution in [2.24, 2.45) is 0 Å². The number of allylic oxidation sites excluding steroid dienone is 1. The summed E-state index contributed by atoms with van der Waals surface area (Å²) in [6.07, 6.45) is 2.92. The van der Waals surface area contributed by atoms with Gasteiger partial charge in [0.25, 0.3) is 5.89 Å². The molecule has 2 amide bonds. The van der Waals surface area contributed by atoms with Crippen LogP contribution in [0.5, 0.6) is 23.0 Å². The number of hydrogen-bond acceptors (Lipinski definition) is 8. The van der Waals surface area contributed by atoms with Gasteiger partial charge in [0.15, 0.2) is 23.0 Å². The fourth-order valence-corrected chi connectivity index (χ4v) is 4.47. The average molecular weight is 493 g/mol. The number of aromatic nitrogens is 2. The normalized spacial score (nSPS) is 16.9. The van der Waals surface area contributed by atoms with Crippen LogP contribution in [0.15, 0.2) is 46.6 Å². The summed E-state index contributed by atoms with van der Waals surface area (Å²) in [7, 11) is 1.48. The van der Waals surface area contributed by atoms with Gasteiger partial charge in [0.05, 0.1) is 18.7 Å². The van der Waals surface area contributed by atoms with E-state index in [1.807, 2.05) is 13.0 Å². The Morgan fingerprint density at radius 1 is 1.17 bits per heavy atom. The number of methoxy groups -OCH3 is 1. The molecule has 10 heteroatoms. The number of hydrogen-bond donors (Lipinski definition) is 2. The van der Waals surface area contributed by atoms with Gasteiger partial charge < -0.3 is 29.2 Å². The predicted molar refractivity (Wildman–Crippen MR) is 131 cm³/mol. The van der Waals surface area contributed by atoms with E-state index in [0.717, 1.165) is 25.0 Å². The lowest BCUT2D eigenvalue weighted by atomic mass is 9.94. The van der Waals surface area contributed by atoms with E-state index in [-0.39, 0.29) is 24.5 Å². The van der Waals surface area contributed by atoms with Crippen LogP contribution in [-0.4, -0.2) is 46.6 Å². The van der Waals surface area contributed by atoms with E-state index >= 15 is 0 Å². The molecular weight excluding hydrogens is 464 g/mol. The minimum absolute atomic E-state index is 0.0294. The van der Waals surface area contributed by atoms with E-state index in [4.69, 9.17) is 18.7 Å². The number of unbranched alkanes of at least 4 members (excludes halogenated alkanes) is 2. The number of aromatic hydroxyl groups is 1. The Bertz CT molecular complexity index is 1320. The second-order valence-corrected chi connectivity index (χ2v) is 8.66. The third kappa shape index (κ3) is 4.30. The van der Waals surface area contributed by atoms with Gasteiger partial charge >= 0.3 is 6.03 Å².